The van der Waals surface area contributed by atoms with Crippen LogP contribution in [0.25, 0.3) is 0 Å². The molecule has 0 spiro atoms. The van der Waals surface area contributed by atoms with Gasteiger partial charge in [-0.2, -0.15) is 0 Å². The number of benzene rings is 1. The van der Waals surface area contributed by atoms with Crippen molar-refractivity contribution in [1.82, 2.24) is 5.32 Å². The van der Waals surface area contributed by atoms with Crippen LogP contribution in [-0.2, 0) is 4.74 Å². The van der Waals surface area contributed by atoms with Gasteiger partial charge in [0.2, 0.25) is 0 Å². The average Bonchev–Trinajstić information content (AvgIpc) is 2.57. The molecule has 3 rings (SSSR count). The van der Waals surface area contributed by atoms with E-state index in [1.807, 2.05) is 0 Å². The minimum atomic E-state index is -0.727. The lowest BCUT2D eigenvalue weighted by molar-refractivity contribution is -0.103. The Morgan fingerprint density at radius 3 is 2.79 bits per heavy atom. The van der Waals surface area contributed by atoms with Gasteiger partial charge in [0, 0.05) is 25.1 Å². The fraction of sp³-hybridized carbons (Fsp3) is 0.684. The third-order valence-corrected chi connectivity index (χ3v) is 5.59. The minimum Gasteiger partial charge on any atom is -0.494 e. The summed E-state index contributed by atoms with van der Waals surface area (Å²) in [5.41, 5.74) is 0.794. The Balaban J connectivity index is 1.52. The maximum atomic E-state index is 13.8. The number of ether oxygens (including phenoxy) is 2. The molecule has 2 fully saturated rings. The van der Waals surface area contributed by atoms with Crippen LogP contribution in [-0.4, -0.2) is 38.0 Å². The first-order valence-corrected chi connectivity index (χ1v) is 8.98. The molecule has 1 saturated carbocycles. The van der Waals surface area contributed by atoms with Gasteiger partial charge in [-0.15, -0.1) is 0 Å². The summed E-state index contributed by atoms with van der Waals surface area (Å²) in [7, 11) is 1.43. The molecular formula is C19H28FNO3. The monoisotopic (exact) mass is 337 g/mol. The van der Waals surface area contributed by atoms with Gasteiger partial charge in [0.25, 0.3) is 0 Å². The van der Waals surface area contributed by atoms with Crippen molar-refractivity contribution in [3.8, 4) is 5.75 Å². The molecule has 2 atom stereocenters. The summed E-state index contributed by atoms with van der Waals surface area (Å²) in [6, 6.07) is 4.60. The molecule has 4 nitrogen and oxygen atoms in total. The van der Waals surface area contributed by atoms with Crippen molar-refractivity contribution in [2.24, 2.45) is 5.41 Å². The summed E-state index contributed by atoms with van der Waals surface area (Å²) >= 11 is 0. The van der Waals surface area contributed by atoms with E-state index in [0.29, 0.717) is 18.2 Å². The number of aliphatic hydroxyl groups excluding tert-OH is 1. The molecule has 2 N–H and O–H groups in total. The van der Waals surface area contributed by atoms with Gasteiger partial charge in [-0.25, -0.2) is 4.39 Å². The van der Waals surface area contributed by atoms with Gasteiger partial charge in [-0.1, -0.05) is 12.5 Å². The van der Waals surface area contributed by atoms with Crippen LogP contribution >= 0.6 is 0 Å². The SMILES string of the molecule is COc1ccc(C(O)CNCC2(C3CCCCO3)CCC2)cc1F. The van der Waals surface area contributed by atoms with Gasteiger partial charge in [-0.3, -0.25) is 0 Å². The molecule has 0 radical (unpaired) electrons. The highest BCUT2D eigenvalue weighted by molar-refractivity contribution is 5.30. The van der Waals surface area contributed by atoms with E-state index in [1.54, 1.807) is 12.1 Å². The predicted octanol–water partition coefficient (Wildman–Crippen LogP) is 3.20. The van der Waals surface area contributed by atoms with Gasteiger partial charge in [0.1, 0.15) is 0 Å². The van der Waals surface area contributed by atoms with E-state index < -0.39 is 11.9 Å². The Morgan fingerprint density at radius 2 is 2.21 bits per heavy atom. The van der Waals surface area contributed by atoms with Crippen LogP contribution < -0.4 is 10.1 Å². The maximum Gasteiger partial charge on any atom is 0.165 e. The molecule has 0 aromatic heterocycles. The van der Waals surface area contributed by atoms with E-state index in [2.05, 4.69) is 5.32 Å². The zero-order chi connectivity index (χ0) is 17.0. The van der Waals surface area contributed by atoms with E-state index >= 15 is 0 Å². The second kappa shape index (κ2) is 7.81. The number of hydrogen-bond donors (Lipinski definition) is 2. The number of rotatable bonds is 7. The van der Waals surface area contributed by atoms with Crippen molar-refractivity contribution in [2.75, 3.05) is 26.8 Å². The van der Waals surface area contributed by atoms with Crippen molar-refractivity contribution < 1.29 is 19.0 Å². The number of hydrogen-bond acceptors (Lipinski definition) is 4. The van der Waals surface area contributed by atoms with E-state index in [4.69, 9.17) is 9.47 Å². The maximum absolute atomic E-state index is 13.8. The Bertz CT molecular complexity index is 541. The quantitative estimate of drug-likeness (QED) is 0.802. The van der Waals surface area contributed by atoms with Crippen LogP contribution in [0.15, 0.2) is 18.2 Å². The molecule has 2 aliphatic rings. The molecule has 134 valence electrons. The molecule has 2 unspecified atom stereocenters. The lowest BCUT2D eigenvalue weighted by atomic mass is 9.63. The normalized spacial score (nSPS) is 24.2. The molecule has 1 saturated heterocycles. The molecule has 1 aliphatic heterocycles. The van der Waals surface area contributed by atoms with Crippen molar-refractivity contribution in [1.29, 1.82) is 0 Å². The summed E-state index contributed by atoms with van der Waals surface area (Å²) in [5.74, 6) is -0.248. The molecule has 5 heteroatoms. The zero-order valence-corrected chi connectivity index (χ0v) is 14.4. The largest absolute Gasteiger partial charge is 0.494 e. The van der Waals surface area contributed by atoms with Crippen molar-refractivity contribution in [3.63, 3.8) is 0 Å². The summed E-state index contributed by atoms with van der Waals surface area (Å²) in [6.45, 7) is 2.15. The molecule has 1 heterocycles. The number of aliphatic hydroxyl groups is 1. The third kappa shape index (κ3) is 3.73. The summed E-state index contributed by atoms with van der Waals surface area (Å²) in [4.78, 5) is 0. The molecular weight excluding hydrogens is 309 g/mol. The Labute approximate surface area is 143 Å². The van der Waals surface area contributed by atoms with Crippen LogP contribution in [0, 0.1) is 11.2 Å². The lowest BCUT2D eigenvalue weighted by Crippen LogP contribution is -2.51. The van der Waals surface area contributed by atoms with E-state index in [-0.39, 0.29) is 11.2 Å². The van der Waals surface area contributed by atoms with Crippen LogP contribution in [0.1, 0.15) is 50.2 Å². The topological polar surface area (TPSA) is 50.7 Å². The van der Waals surface area contributed by atoms with Gasteiger partial charge in [-0.05, 0) is 49.8 Å². The second-order valence-electron chi connectivity index (χ2n) is 7.11. The van der Waals surface area contributed by atoms with E-state index in [1.165, 1.54) is 45.3 Å². The fourth-order valence-corrected chi connectivity index (χ4v) is 3.93. The number of halogens is 1. The first-order valence-electron chi connectivity index (χ1n) is 8.98. The highest BCUT2D eigenvalue weighted by Gasteiger charge is 2.44. The summed E-state index contributed by atoms with van der Waals surface area (Å²) in [5, 5.41) is 13.7. The van der Waals surface area contributed by atoms with E-state index in [9.17, 15) is 9.50 Å². The first-order chi connectivity index (χ1) is 11.6. The third-order valence-electron chi connectivity index (χ3n) is 5.59. The van der Waals surface area contributed by atoms with Gasteiger partial charge in [0.15, 0.2) is 11.6 Å². The van der Waals surface area contributed by atoms with Gasteiger partial charge in [0.05, 0.1) is 19.3 Å². The van der Waals surface area contributed by atoms with Gasteiger partial charge >= 0.3 is 0 Å². The zero-order valence-electron chi connectivity index (χ0n) is 14.4. The average molecular weight is 337 g/mol. The molecule has 1 aliphatic carbocycles. The Kier molecular flexibility index (Phi) is 5.74. The predicted molar refractivity (Wildman–Crippen MR) is 90.7 cm³/mol. The van der Waals surface area contributed by atoms with Crippen LogP contribution in [0.5, 0.6) is 5.75 Å². The van der Waals surface area contributed by atoms with E-state index in [0.717, 1.165) is 19.6 Å². The number of nitrogens with one attached hydrogen (secondary N) is 1. The highest BCUT2D eigenvalue weighted by Crippen LogP contribution is 2.47. The first kappa shape index (κ1) is 17.6. The Morgan fingerprint density at radius 1 is 1.38 bits per heavy atom. The molecule has 1 aromatic rings. The van der Waals surface area contributed by atoms with Crippen molar-refractivity contribution in [3.05, 3.63) is 29.6 Å². The second-order valence-corrected chi connectivity index (χ2v) is 7.11. The molecule has 24 heavy (non-hydrogen) atoms. The Hall–Kier alpha value is -1.17. The van der Waals surface area contributed by atoms with Crippen LogP contribution in [0.3, 0.4) is 0 Å². The molecule has 1 aromatic carbocycles. The van der Waals surface area contributed by atoms with Gasteiger partial charge < -0.3 is 19.9 Å². The highest BCUT2D eigenvalue weighted by atomic mass is 19.1. The summed E-state index contributed by atoms with van der Waals surface area (Å²) in [6.07, 6.45) is 6.83. The van der Waals surface area contributed by atoms with Crippen molar-refractivity contribution in [2.45, 2.75) is 50.7 Å². The molecule has 0 amide bonds. The van der Waals surface area contributed by atoms with Crippen molar-refractivity contribution >= 4 is 0 Å². The van der Waals surface area contributed by atoms with Crippen LogP contribution in [0.2, 0.25) is 0 Å². The standard InChI is InChI=1S/C19H28FNO3/c1-23-17-7-6-14(11-15(17)20)16(22)12-21-13-19(8-4-9-19)18-5-2-3-10-24-18/h6-7,11,16,18,21-22H,2-5,8-10,12-13H2,1H3. The number of methoxy groups -OCH3 is 1. The minimum absolute atomic E-state index is 0.196. The smallest absolute Gasteiger partial charge is 0.165 e. The lowest BCUT2D eigenvalue weighted by Gasteiger charge is -2.49. The summed E-state index contributed by atoms with van der Waals surface area (Å²) < 4.78 is 24.7. The van der Waals surface area contributed by atoms with Crippen LogP contribution in [0.4, 0.5) is 4.39 Å². The molecule has 0 bridgehead atoms. The fourth-order valence-electron chi connectivity index (χ4n) is 3.93.